The third kappa shape index (κ3) is 2.31. The van der Waals surface area contributed by atoms with Crippen molar-refractivity contribution >= 4 is 7.28 Å². The summed E-state index contributed by atoms with van der Waals surface area (Å²) in [5.41, 5.74) is 5.84. The van der Waals surface area contributed by atoms with E-state index >= 15 is 0 Å². The maximum atomic E-state index is 5.84. The highest BCUT2D eigenvalue weighted by molar-refractivity contribution is 6.35. The second-order valence-electron chi connectivity index (χ2n) is 3.26. The summed E-state index contributed by atoms with van der Waals surface area (Å²) >= 11 is 0. The zero-order valence-electron chi connectivity index (χ0n) is 6.77. The number of nitrogens with one attached hydrogen (secondary N) is 1. The molecule has 0 aliphatic carbocycles. The molecular weight excluding hydrogens is 123 g/mol. The minimum absolute atomic E-state index is 0.396. The number of hydrogen-bond donors (Lipinski definition) is 2. The van der Waals surface area contributed by atoms with Gasteiger partial charge in [-0.25, -0.2) is 0 Å². The fraction of sp³-hybridized carbons (Fsp3) is 1.00. The summed E-state index contributed by atoms with van der Waals surface area (Å²) in [7, 11) is 1.29. The molecular formula is C7H17BN2. The van der Waals surface area contributed by atoms with Gasteiger partial charge in [0.1, 0.15) is 7.28 Å². The predicted molar refractivity (Wildman–Crippen MR) is 46.8 cm³/mol. The highest BCUT2D eigenvalue weighted by atomic mass is 14.9. The van der Waals surface area contributed by atoms with Crippen LogP contribution in [0.4, 0.5) is 0 Å². The summed E-state index contributed by atoms with van der Waals surface area (Å²) in [6.45, 7) is 4.42. The van der Waals surface area contributed by atoms with E-state index in [2.05, 4.69) is 12.1 Å². The van der Waals surface area contributed by atoms with Crippen LogP contribution in [0.15, 0.2) is 0 Å². The lowest BCUT2D eigenvalue weighted by Crippen LogP contribution is -2.31. The zero-order chi connectivity index (χ0) is 7.40. The Balaban J connectivity index is 2.30. The molecule has 0 aromatic carbocycles. The number of nitrogens with two attached hydrogens (primary N) is 1. The van der Waals surface area contributed by atoms with Crippen molar-refractivity contribution in [2.45, 2.75) is 31.5 Å². The van der Waals surface area contributed by atoms with Crippen molar-refractivity contribution in [1.82, 2.24) is 5.32 Å². The number of hydrogen-bond acceptors (Lipinski definition) is 2. The first-order valence-corrected chi connectivity index (χ1v) is 4.29. The highest BCUT2D eigenvalue weighted by Gasteiger charge is 2.15. The summed E-state index contributed by atoms with van der Waals surface area (Å²) in [6, 6.07) is 0.396. The van der Waals surface area contributed by atoms with Crippen molar-refractivity contribution < 1.29 is 0 Å². The molecule has 0 aromatic rings. The van der Waals surface area contributed by atoms with E-state index in [0.29, 0.717) is 6.04 Å². The summed E-state index contributed by atoms with van der Waals surface area (Å²) in [6.07, 6.45) is 2.52. The monoisotopic (exact) mass is 140 g/mol. The third-order valence-corrected chi connectivity index (χ3v) is 2.35. The molecule has 2 nitrogen and oxygen atoms in total. The maximum Gasteiger partial charge on any atom is 0.121 e. The first-order valence-electron chi connectivity index (χ1n) is 4.29. The largest absolute Gasteiger partial charge is 0.327 e. The van der Waals surface area contributed by atoms with E-state index in [1.54, 1.807) is 0 Å². The van der Waals surface area contributed by atoms with Crippen molar-refractivity contribution in [3.63, 3.8) is 0 Å². The summed E-state index contributed by atoms with van der Waals surface area (Å²) in [4.78, 5) is 0. The smallest absolute Gasteiger partial charge is 0.121 e. The Labute approximate surface area is 63.8 Å². The van der Waals surface area contributed by atoms with Crippen LogP contribution in [0.1, 0.15) is 12.8 Å². The molecule has 2 unspecified atom stereocenters. The van der Waals surface area contributed by atoms with Crippen LogP contribution < -0.4 is 11.1 Å². The Morgan fingerprint density at radius 2 is 2.40 bits per heavy atom. The predicted octanol–water partition coefficient (Wildman–Crippen LogP) is -0.0298. The van der Waals surface area contributed by atoms with Crippen LogP contribution in [0.2, 0.25) is 12.6 Å². The summed E-state index contributed by atoms with van der Waals surface area (Å²) < 4.78 is 0. The lowest BCUT2D eigenvalue weighted by Gasteiger charge is -2.12. The number of rotatable bonds is 1. The fourth-order valence-electron chi connectivity index (χ4n) is 1.59. The molecule has 0 saturated carbocycles. The molecule has 0 spiro atoms. The molecule has 1 aliphatic rings. The molecule has 3 heteroatoms. The van der Waals surface area contributed by atoms with Crippen molar-refractivity contribution in [1.29, 1.82) is 0 Å². The molecule has 1 heterocycles. The highest BCUT2D eigenvalue weighted by Crippen LogP contribution is 2.17. The van der Waals surface area contributed by atoms with E-state index in [1.165, 1.54) is 20.1 Å². The molecule has 1 aliphatic heterocycles. The topological polar surface area (TPSA) is 38.0 Å². The van der Waals surface area contributed by atoms with Gasteiger partial charge in [-0.3, -0.25) is 0 Å². The van der Waals surface area contributed by atoms with Crippen LogP contribution in [0.3, 0.4) is 0 Å². The maximum absolute atomic E-state index is 5.84. The second-order valence-corrected chi connectivity index (χ2v) is 3.26. The molecule has 1 saturated heterocycles. The normalized spacial score (nSPS) is 35.0. The molecule has 1 rings (SSSR count). The minimum atomic E-state index is 0.396. The summed E-state index contributed by atoms with van der Waals surface area (Å²) in [5.74, 6) is 0.866. The lowest BCUT2D eigenvalue weighted by atomic mass is 9.63. The van der Waals surface area contributed by atoms with Crippen molar-refractivity contribution in [2.24, 2.45) is 5.73 Å². The van der Waals surface area contributed by atoms with Crippen LogP contribution in [0.5, 0.6) is 0 Å². The van der Waals surface area contributed by atoms with E-state index in [4.69, 9.17) is 5.73 Å². The molecule has 1 fully saturated rings. The average Bonchev–Trinajstić information content (AvgIpc) is 2.13. The van der Waals surface area contributed by atoms with E-state index in [-0.39, 0.29) is 0 Å². The van der Waals surface area contributed by atoms with Crippen molar-refractivity contribution in [3.8, 4) is 0 Å². The quantitative estimate of drug-likeness (QED) is 0.502. The SMILES string of the molecule is CBC1CCNCC(N)C1. The average molecular weight is 140 g/mol. The van der Waals surface area contributed by atoms with E-state index in [9.17, 15) is 0 Å². The Kier molecular flexibility index (Phi) is 3.22. The Bertz CT molecular complexity index is 97.6. The zero-order valence-corrected chi connectivity index (χ0v) is 6.77. The van der Waals surface area contributed by atoms with Crippen LogP contribution >= 0.6 is 0 Å². The molecule has 58 valence electrons. The first kappa shape index (κ1) is 8.09. The van der Waals surface area contributed by atoms with E-state index < -0.39 is 0 Å². The van der Waals surface area contributed by atoms with Gasteiger partial charge in [0, 0.05) is 12.6 Å². The van der Waals surface area contributed by atoms with Crippen LogP contribution in [-0.2, 0) is 0 Å². The van der Waals surface area contributed by atoms with E-state index in [1.807, 2.05) is 0 Å². The Morgan fingerprint density at radius 1 is 1.60 bits per heavy atom. The Hall–Kier alpha value is -0.0151. The van der Waals surface area contributed by atoms with E-state index in [0.717, 1.165) is 18.9 Å². The van der Waals surface area contributed by atoms with Crippen LogP contribution in [-0.4, -0.2) is 26.4 Å². The molecule has 3 N–H and O–H groups in total. The molecule has 10 heavy (non-hydrogen) atoms. The van der Waals surface area contributed by atoms with Gasteiger partial charge < -0.3 is 11.1 Å². The fourth-order valence-corrected chi connectivity index (χ4v) is 1.59. The van der Waals surface area contributed by atoms with Gasteiger partial charge in [0.15, 0.2) is 0 Å². The van der Waals surface area contributed by atoms with Gasteiger partial charge in [0.05, 0.1) is 0 Å². The molecule has 0 bridgehead atoms. The van der Waals surface area contributed by atoms with Gasteiger partial charge in [-0.1, -0.05) is 12.6 Å². The third-order valence-electron chi connectivity index (χ3n) is 2.35. The second kappa shape index (κ2) is 3.99. The van der Waals surface area contributed by atoms with Gasteiger partial charge in [-0.15, -0.1) is 0 Å². The lowest BCUT2D eigenvalue weighted by molar-refractivity contribution is 0.599. The van der Waals surface area contributed by atoms with Crippen molar-refractivity contribution in [2.75, 3.05) is 13.1 Å². The Morgan fingerprint density at radius 3 is 3.10 bits per heavy atom. The van der Waals surface area contributed by atoms with Gasteiger partial charge in [0.25, 0.3) is 0 Å². The van der Waals surface area contributed by atoms with Crippen molar-refractivity contribution in [3.05, 3.63) is 0 Å². The first-order chi connectivity index (χ1) is 4.83. The molecule has 2 atom stereocenters. The van der Waals surface area contributed by atoms with Crippen LogP contribution in [0, 0.1) is 0 Å². The standard InChI is InChI=1S/C7H17BN2/c1-8-6-2-3-10-5-7(9)4-6/h6-8,10H,2-5,9H2,1H3. The van der Waals surface area contributed by atoms with Gasteiger partial charge in [-0.2, -0.15) is 0 Å². The van der Waals surface area contributed by atoms with Crippen LogP contribution in [0.25, 0.3) is 0 Å². The van der Waals surface area contributed by atoms with Gasteiger partial charge in [-0.05, 0) is 19.4 Å². The molecule has 0 radical (unpaired) electrons. The minimum Gasteiger partial charge on any atom is -0.327 e. The van der Waals surface area contributed by atoms with Gasteiger partial charge in [0.2, 0.25) is 0 Å². The molecule has 0 aromatic heterocycles. The molecule has 0 amide bonds. The van der Waals surface area contributed by atoms with Gasteiger partial charge >= 0.3 is 0 Å². The summed E-state index contributed by atoms with van der Waals surface area (Å²) in [5, 5.41) is 3.34.